The predicted octanol–water partition coefficient (Wildman–Crippen LogP) is 1.44. The second-order valence-corrected chi connectivity index (χ2v) is 6.74. The number of aryl methyl sites for hydroxylation is 1. The largest absolute Gasteiger partial charge is 0.339 e. The van der Waals surface area contributed by atoms with Crippen molar-refractivity contribution in [2.45, 2.75) is 17.7 Å². The van der Waals surface area contributed by atoms with Crippen molar-refractivity contribution in [3.63, 3.8) is 0 Å². The van der Waals surface area contributed by atoms with Gasteiger partial charge in [0, 0.05) is 19.2 Å². The van der Waals surface area contributed by atoms with Gasteiger partial charge in [-0.25, -0.2) is 17.2 Å². The first kappa shape index (κ1) is 14.1. The zero-order valence-electron chi connectivity index (χ0n) is 11.0. The van der Waals surface area contributed by atoms with Crippen LogP contribution in [-0.2, 0) is 10.0 Å². The summed E-state index contributed by atoms with van der Waals surface area (Å²) in [5, 5.41) is 3.63. The summed E-state index contributed by atoms with van der Waals surface area (Å²) in [6.45, 7) is 1.94. The molecule has 0 amide bonds. The minimum absolute atomic E-state index is 0.141. The van der Waals surface area contributed by atoms with Crippen molar-refractivity contribution in [1.29, 1.82) is 0 Å². The summed E-state index contributed by atoms with van der Waals surface area (Å²) in [6, 6.07) is 2.21. The molecule has 3 rings (SSSR count). The Morgan fingerprint density at radius 2 is 1.86 bits per heavy atom. The first-order chi connectivity index (χ1) is 9.86. The zero-order valence-corrected chi connectivity index (χ0v) is 11.8. The van der Waals surface area contributed by atoms with Crippen LogP contribution in [0.15, 0.2) is 27.6 Å². The normalized spacial score (nSPS) is 16.9. The molecule has 0 aliphatic carbocycles. The van der Waals surface area contributed by atoms with Crippen LogP contribution in [0.25, 0.3) is 0 Å². The van der Waals surface area contributed by atoms with Crippen molar-refractivity contribution in [3.8, 4) is 0 Å². The lowest BCUT2D eigenvalue weighted by Gasteiger charge is -2.35. The van der Waals surface area contributed by atoms with E-state index in [1.807, 2.05) is 0 Å². The van der Waals surface area contributed by atoms with Crippen LogP contribution < -0.4 is 0 Å². The monoisotopic (exact) mass is 315 g/mol. The smallest absolute Gasteiger partial charge is 0.243 e. The van der Waals surface area contributed by atoms with Crippen LogP contribution in [0.2, 0.25) is 0 Å². The highest BCUT2D eigenvalue weighted by Gasteiger charge is 2.40. The van der Waals surface area contributed by atoms with Crippen LogP contribution in [0.3, 0.4) is 0 Å². The van der Waals surface area contributed by atoms with Crippen molar-refractivity contribution in [2.75, 3.05) is 13.1 Å². The zero-order chi connectivity index (χ0) is 15.2. The quantitative estimate of drug-likeness (QED) is 0.857. The van der Waals surface area contributed by atoms with Gasteiger partial charge in [0.2, 0.25) is 15.9 Å². The number of hydrogen-bond acceptors (Lipinski definition) is 5. The Balaban J connectivity index is 1.79. The van der Waals surface area contributed by atoms with Crippen molar-refractivity contribution in [3.05, 3.63) is 41.5 Å². The average Bonchev–Trinajstić information content (AvgIpc) is 2.72. The number of nitrogens with zero attached hydrogens (tertiary/aromatic N) is 3. The second kappa shape index (κ2) is 4.85. The van der Waals surface area contributed by atoms with Gasteiger partial charge in [-0.3, -0.25) is 0 Å². The first-order valence-electron chi connectivity index (χ1n) is 6.13. The molecule has 0 saturated carbocycles. The van der Waals surface area contributed by atoms with Crippen LogP contribution in [-0.4, -0.2) is 36.0 Å². The van der Waals surface area contributed by atoms with Gasteiger partial charge in [0.05, 0.1) is 10.8 Å². The molecule has 0 radical (unpaired) electrons. The molecule has 0 spiro atoms. The van der Waals surface area contributed by atoms with Gasteiger partial charge in [0.25, 0.3) is 0 Å². The lowest BCUT2D eigenvalue weighted by Crippen LogP contribution is -2.48. The minimum atomic E-state index is -3.92. The van der Waals surface area contributed by atoms with Gasteiger partial charge in [0.1, 0.15) is 11.6 Å². The van der Waals surface area contributed by atoms with Crippen LogP contribution >= 0.6 is 0 Å². The Morgan fingerprint density at radius 3 is 2.38 bits per heavy atom. The summed E-state index contributed by atoms with van der Waals surface area (Å²) < 4.78 is 56.8. The highest BCUT2D eigenvalue weighted by molar-refractivity contribution is 7.89. The maximum absolute atomic E-state index is 13.1. The van der Waals surface area contributed by atoms with Crippen LogP contribution in [0.4, 0.5) is 8.78 Å². The molecule has 1 saturated heterocycles. The number of benzene rings is 1. The van der Waals surface area contributed by atoms with E-state index in [4.69, 9.17) is 4.52 Å². The third kappa shape index (κ3) is 2.54. The maximum atomic E-state index is 13.1. The van der Waals surface area contributed by atoms with Crippen LogP contribution in [0.1, 0.15) is 17.6 Å². The van der Waals surface area contributed by atoms with Crippen molar-refractivity contribution >= 4 is 10.0 Å². The second-order valence-electron chi connectivity index (χ2n) is 4.80. The molecule has 21 heavy (non-hydrogen) atoms. The molecular formula is C12H11F2N3O3S. The molecule has 0 N–H and O–H groups in total. The molecule has 1 aromatic heterocycles. The summed E-state index contributed by atoms with van der Waals surface area (Å²) in [4.78, 5) is 3.63. The van der Waals surface area contributed by atoms with E-state index in [-0.39, 0.29) is 19.0 Å². The molecule has 1 fully saturated rings. The Morgan fingerprint density at radius 1 is 1.24 bits per heavy atom. The molecule has 0 atom stereocenters. The summed E-state index contributed by atoms with van der Waals surface area (Å²) in [5.74, 6) is -1.22. The fourth-order valence-electron chi connectivity index (χ4n) is 2.10. The Kier molecular flexibility index (Phi) is 3.25. The van der Waals surface area contributed by atoms with Crippen LogP contribution in [0, 0.1) is 18.6 Å². The number of halogens is 2. The Labute approximate surface area is 119 Å². The standard InChI is InChI=1S/C12H11F2N3O3S/c1-7-15-12(20-16-7)8-5-17(6-8)21(18,19)11-3-9(13)2-10(14)4-11/h2-4,8H,5-6H2,1H3. The summed E-state index contributed by atoms with van der Waals surface area (Å²) in [6.07, 6.45) is 0. The lowest BCUT2D eigenvalue weighted by molar-refractivity contribution is 0.216. The van der Waals surface area contributed by atoms with E-state index in [0.717, 1.165) is 16.4 Å². The fourth-order valence-corrected chi connectivity index (χ4v) is 3.67. The van der Waals surface area contributed by atoms with Gasteiger partial charge in [-0.1, -0.05) is 5.16 Å². The SMILES string of the molecule is Cc1noc(C2CN(S(=O)(=O)c3cc(F)cc(F)c3)C2)n1. The molecule has 1 aromatic carbocycles. The third-order valence-corrected chi connectivity index (χ3v) is 5.02. The summed E-state index contributed by atoms with van der Waals surface area (Å²) >= 11 is 0. The van der Waals surface area contributed by atoms with Gasteiger partial charge in [0.15, 0.2) is 5.82 Å². The van der Waals surface area contributed by atoms with E-state index < -0.39 is 26.6 Å². The predicted molar refractivity (Wildman–Crippen MR) is 66.9 cm³/mol. The molecule has 9 heteroatoms. The van der Waals surface area contributed by atoms with E-state index in [2.05, 4.69) is 10.1 Å². The van der Waals surface area contributed by atoms with Crippen LogP contribution in [0.5, 0.6) is 0 Å². The first-order valence-corrected chi connectivity index (χ1v) is 7.57. The van der Waals surface area contributed by atoms with Gasteiger partial charge in [-0.05, 0) is 19.1 Å². The molecule has 0 unspecified atom stereocenters. The molecule has 1 aliphatic rings. The highest BCUT2D eigenvalue weighted by Crippen LogP contribution is 2.31. The van der Waals surface area contributed by atoms with Gasteiger partial charge < -0.3 is 4.52 Å². The Bertz CT molecular complexity index is 765. The lowest BCUT2D eigenvalue weighted by atomic mass is 10.0. The van der Waals surface area contributed by atoms with Gasteiger partial charge in [-0.2, -0.15) is 9.29 Å². The fraction of sp³-hybridized carbons (Fsp3) is 0.333. The topological polar surface area (TPSA) is 76.3 Å². The molecule has 112 valence electrons. The number of sulfonamides is 1. The number of hydrogen-bond donors (Lipinski definition) is 0. The minimum Gasteiger partial charge on any atom is -0.339 e. The van der Waals surface area contributed by atoms with E-state index in [1.165, 1.54) is 0 Å². The van der Waals surface area contributed by atoms with Crippen molar-refractivity contribution in [1.82, 2.24) is 14.4 Å². The third-order valence-electron chi connectivity index (χ3n) is 3.21. The van der Waals surface area contributed by atoms with E-state index in [0.29, 0.717) is 17.8 Å². The molecule has 1 aliphatic heterocycles. The molecule has 2 aromatic rings. The molecule has 2 heterocycles. The Hall–Kier alpha value is -1.87. The molecular weight excluding hydrogens is 304 g/mol. The summed E-state index contributed by atoms with van der Waals surface area (Å²) in [5.41, 5.74) is 0. The number of rotatable bonds is 3. The van der Waals surface area contributed by atoms with E-state index in [9.17, 15) is 17.2 Å². The van der Waals surface area contributed by atoms with Gasteiger partial charge >= 0.3 is 0 Å². The highest BCUT2D eigenvalue weighted by atomic mass is 32.2. The van der Waals surface area contributed by atoms with Crippen molar-refractivity contribution < 1.29 is 21.7 Å². The molecule has 0 bridgehead atoms. The average molecular weight is 315 g/mol. The van der Waals surface area contributed by atoms with E-state index >= 15 is 0 Å². The summed E-state index contributed by atoms with van der Waals surface area (Å²) in [7, 11) is -3.92. The number of aromatic nitrogens is 2. The maximum Gasteiger partial charge on any atom is 0.243 e. The van der Waals surface area contributed by atoms with E-state index in [1.54, 1.807) is 6.92 Å². The van der Waals surface area contributed by atoms with Crippen molar-refractivity contribution in [2.24, 2.45) is 0 Å². The van der Waals surface area contributed by atoms with Gasteiger partial charge in [-0.15, -0.1) is 0 Å². The molecule has 6 nitrogen and oxygen atoms in total.